The van der Waals surface area contributed by atoms with Crippen molar-refractivity contribution in [3.8, 4) is 0 Å². The second-order valence-electron chi connectivity index (χ2n) is 5.87. The van der Waals surface area contributed by atoms with Crippen molar-refractivity contribution in [3.05, 3.63) is 29.8 Å². The molecule has 24 heavy (non-hydrogen) atoms. The van der Waals surface area contributed by atoms with Crippen LogP contribution in [0, 0.1) is 6.92 Å². The van der Waals surface area contributed by atoms with Crippen LogP contribution in [-0.2, 0) is 24.2 Å². The number of hydrogen-bond acceptors (Lipinski definition) is 5. The molecule has 0 saturated carbocycles. The van der Waals surface area contributed by atoms with Crippen molar-refractivity contribution in [2.24, 2.45) is 0 Å². The largest absolute Gasteiger partial charge is 0.383 e. The lowest BCUT2D eigenvalue weighted by Crippen LogP contribution is -2.47. The summed E-state index contributed by atoms with van der Waals surface area (Å²) in [5.74, 6) is -1.59. The molecule has 1 N–H and O–H groups in total. The summed E-state index contributed by atoms with van der Waals surface area (Å²) in [7, 11) is -1.67. The number of carbonyl (C=O) groups excluding carboxylic acids is 2. The van der Waals surface area contributed by atoms with E-state index in [9.17, 15) is 18.0 Å². The molecule has 1 aliphatic heterocycles. The fraction of sp³-hybridized carbons (Fsp3) is 0.500. The number of aryl methyl sites for hydroxylation is 1. The Morgan fingerprint density at radius 1 is 1.29 bits per heavy atom. The minimum absolute atomic E-state index is 0.0357. The van der Waals surface area contributed by atoms with Crippen LogP contribution in [0.15, 0.2) is 24.3 Å². The van der Waals surface area contributed by atoms with Crippen LogP contribution in [0.2, 0.25) is 0 Å². The van der Waals surface area contributed by atoms with Gasteiger partial charge in [-0.05, 0) is 25.5 Å². The van der Waals surface area contributed by atoms with Crippen molar-refractivity contribution < 1.29 is 22.7 Å². The van der Waals surface area contributed by atoms with E-state index in [-0.39, 0.29) is 24.7 Å². The molecule has 0 aromatic heterocycles. The summed E-state index contributed by atoms with van der Waals surface area (Å²) in [6.45, 7) is 2.33. The topological polar surface area (TPSA) is 92.8 Å². The highest BCUT2D eigenvalue weighted by atomic mass is 32.2. The number of sulfone groups is 1. The van der Waals surface area contributed by atoms with Gasteiger partial charge in [-0.2, -0.15) is 0 Å². The number of hydrogen-bond donors (Lipinski definition) is 1. The van der Waals surface area contributed by atoms with Crippen molar-refractivity contribution in [1.29, 1.82) is 0 Å². The fourth-order valence-electron chi connectivity index (χ4n) is 2.61. The zero-order valence-corrected chi connectivity index (χ0v) is 14.6. The summed E-state index contributed by atoms with van der Waals surface area (Å²) in [6.07, 6.45) is 0.343. The molecule has 7 nitrogen and oxygen atoms in total. The van der Waals surface area contributed by atoms with Gasteiger partial charge in [-0.3, -0.25) is 9.59 Å². The highest BCUT2D eigenvalue weighted by Crippen LogP contribution is 2.18. The third kappa shape index (κ3) is 4.78. The number of nitrogens with one attached hydrogen (secondary N) is 1. The van der Waals surface area contributed by atoms with Gasteiger partial charge in [0.2, 0.25) is 0 Å². The van der Waals surface area contributed by atoms with Crippen molar-refractivity contribution >= 4 is 27.3 Å². The molecule has 1 fully saturated rings. The second kappa shape index (κ2) is 7.76. The van der Waals surface area contributed by atoms with Crippen LogP contribution in [0.4, 0.5) is 5.69 Å². The summed E-state index contributed by atoms with van der Waals surface area (Å²) in [6, 6.07) is 6.58. The molecule has 1 heterocycles. The number of nitrogens with zero attached hydrogens (tertiary/aromatic N) is 1. The average Bonchev–Trinajstić information content (AvgIpc) is 2.89. The molecule has 8 heteroatoms. The second-order valence-corrected chi connectivity index (χ2v) is 8.10. The molecule has 0 bridgehead atoms. The van der Waals surface area contributed by atoms with E-state index in [1.165, 1.54) is 12.0 Å². The molecular weight excluding hydrogens is 332 g/mol. The molecule has 1 aromatic carbocycles. The van der Waals surface area contributed by atoms with Crippen LogP contribution in [0.3, 0.4) is 0 Å². The number of carbonyl (C=O) groups is 2. The van der Waals surface area contributed by atoms with Crippen molar-refractivity contribution in [1.82, 2.24) is 4.90 Å². The Balaban J connectivity index is 2.08. The lowest BCUT2D eigenvalue weighted by atomic mass is 10.2. The number of anilines is 1. The van der Waals surface area contributed by atoms with Gasteiger partial charge in [-0.15, -0.1) is 0 Å². The Labute approximate surface area is 141 Å². The van der Waals surface area contributed by atoms with Crippen LogP contribution < -0.4 is 5.32 Å². The van der Waals surface area contributed by atoms with Gasteiger partial charge in [-0.25, -0.2) is 8.42 Å². The molecule has 1 unspecified atom stereocenters. The van der Waals surface area contributed by atoms with E-state index in [0.717, 1.165) is 5.56 Å². The lowest BCUT2D eigenvalue weighted by molar-refractivity contribution is -0.144. The molecule has 1 saturated heterocycles. The number of ether oxygens (including phenoxy) is 1. The van der Waals surface area contributed by atoms with E-state index in [1.807, 2.05) is 19.1 Å². The van der Waals surface area contributed by atoms with E-state index in [1.54, 1.807) is 12.1 Å². The SMILES string of the molecule is COCCN(C(=O)C(=O)Nc1ccc(C)cc1)C1CCS(=O)(=O)C1. The highest BCUT2D eigenvalue weighted by Gasteiger charge is 2.36. The van der Waals surface area contributed by atoms with Gasteiger partial charge in [0.25, 0.3) is 0 Å². The van der Waals surface area contributed by atoms with E-state index >= 15 is 0 Å². The van der Waals surface area contributed by atoms with Gasteiger partial charge >= 0.3 is 11.8 Å². The molecule has 0 radical (unpaired) electrons. The van der Waals surface area contributed by atoms with Gasteiger partial charge < -0.3 is 15.0 Å². The smallest absolute Gasteiger partial charge is 0.313 e. The van der Waals surface area contributed by atoms with Crippen LogP contribution in [0.25, 0.3) is 0 Å². The molecule has 132 valence electrons. The van der Waals surface area contributed by atoms with E-state index in [2.05, 4.69) is 5.32 Å². The maximum Gasteiger partial charge on any atom is 0.313 e. The Kier molecular flexibility index (Phi) is 5.95. The first-order chi connectivity index (χ1) is 11.3. The molecular formula is C16H22N2O5S. The molecule has 2 rings (SSSR count). The van der Waals surface area contributed by atoms with E-state index in [0.29, 0.717) is 12.1 Å². The Morgan fingerprint density at radius 2 is 1.96 bits per heavy atom. The quantitative estimate of drug-likeness (QED) is 0.782. The van der Waals surface area contributed by atoms with Gasteiger partial charge in [0.05, 0.1) is 18.1 Å². The summed E-state index contributed by atoms with van der Waals surface area (Å²) < 4.78 is 28.3. The standard InChI is InChI=1S/C16H22N2O5S/c1-12-3-5-13(6-4-12)17-15(19)16(20)18(8-9-23-2)14-7-10-24(21,22)11-14/h3-6,14H,7-11H2,1-2H3,(H,17,19). The number of benzene rings is 1. The summed E-state index contributed by atoms with van der Waals surface area (Å²) in [5.41, 5.74) is 1.56. The van der Waals surface area contributed by atoms with Crippen molar-refractivity contribution in [2.75, 3.05) is 37.1 Å². The van der Waals surface area contributed by atoms with Crippen LogP contribution >= 0.6 is 0 Å². The predicted molar refractivity (Wildman–Crippen MR) is 90.5 cm³/mol. The molecule has 1 aromatic rings. The average molecular weight is 354 g/mol. The Bertz CT molecular complexity index is 700. The molecule has 2 amide bonds. The van der Waals surface area contributed by atoms with Crippen LogP contribution in [0.1, 0.15) is 12.0 Å². The van der Waals surface area contributed by atoms with Gasteiger partial charge in [-0.1, -0.05) is 17.7 Å². The first-order valence-electron chi connectivity index (χ1n) is 7.70. The number of methoxy groups -OCH3 is 1. The molecule has 0 aliphatic carbocycles. The molecule has 0 spiro atoms. The summed E-state index contributed by atoms with van der Waals surface area (Å²) >= 11 is 0. The first kappa shape index (κ1) is 18.4. The van der Waals surface area contributed by atoms with Gasteiger partial charge in [0.1, 0.15) is 0 Å². The van der Waals surface area contributed by atoms with Crippen molar-refractivity contribution in [3.63, 3.8) is 0 Å². The summed E-state index contributed by atoms with van der Waals surface area (Å²) in [4.78, 5) is 26.0. The lowest BCUT2D eigenvalue weighted by Gasteiger charge is -2.27. The zero-order chi connectivity index (χ0) is 17.7. The predicted octanol–water partition coefficient (Wildman–Crippen LogP) is 0.596. The van der Waals surface area contributed by atoms with Crippen LogP contribution in [0.5, 0.6) is 0 Å². The van der Waals surface area contributed by atoms with Gasteiger partial charge in [0.15, 0.2) is 9.84 Å². The molecule has 1 aliphatic rings. The van der Waals surface area contributed by atoms with E-state index < -0.39 is 27.7 Å². The van der Waals surface area contributed by atoms with E-state index in [4.69, 9.17) is 4.74 Å². The third-order valence-corrected chi connectivity index (χ3v) is 5.70. The third-order valence-electron chi connectivity index (χ3n) is 3.95. The normalized spacial score (nSPS) is 19.0. The first-order valence-corrected chi connectivity index (χ1v) is 9.52. The minimum Gasteiger partial charge on any atom is -0.383 e. The maximum absolute atomic E-state index is 12.5. The zero-order valence-electron chi connectivity index (χ0n) is 13.8. The fourth-order valence-corrected chi connectivity index (χ4v) is 4.34. The molecule has 1 atom stereocenters. The van der Waals surface area contributed by atoms with Crippen LogP contribution in [-0.4, -0.2) is 62.9 Å². The number of rotatable bonds is 5. The number of amides is 2. The Hall–Kier alpha value is -1.93. The monoisotopic (exact) mass is 354 g/mol. The maximum atomic E-state index is 12.5. The summed E-state index contributed by atoms with van der Waals surface area (Å²) in [5, 5.41) is 2.55. The van der Waals surface area contributed by atoms with Crippen molar-refractivity contribution in [2.45, 2.75) is 19.4 Å². The Morgan fingerprint density at radius 3 is 2.50 bits per heavy atom. The van der Waals surface area contributed by atoms with Gasteiger partial charge in [0, 0.05) is 25.4 Å². The minimum atomic E-state index is -3.15. The highest BCUT2D eigenvalue weighted by molar-refractivity contribution is 7.91.